The summed E-state index contributed by atoms with van der Waals surface area (Å²) < 4.78 is 30.3. The Hall–Kier alpha value is -3.30. The minimum Gasteiger partial charge on any atom is -0.454 e. The Bertz CT molecular complexity index is 1410. The number of rotatable bonds is 5. The Balaban J connectivity index is 1.81. The van der Waals surface area contributed by atoms with Crippen LogP contribution in [0.3, 0.4) is 0 Å². The highest BCUT2D eigenvalue weighted by molar-refractivity contribution is 7.90. The molecule has 0 bridgehead atoms. The zero-order valence-electron chi connectivity index (χ0n) is 15.8. The number of hydrogen-bond donors (Lipinski definition) is 1. The molecule has 1 N–H and O–H groups in total. The Labute approximate surface area is 175 Å². The molecule has 7 nitrogen and oxygen atoms in total. The van der Waals surface area contributed by atoms with Crippen molar-refractivity contribution in [2.24, 2.45) is 0 Å². The van der Waals surface area contributed by atoms with Crippen LogP contribution < -0.4 is 10.7 Å². The maximum absolute atomic E-state index is 12.7. The molecule has 152 valence electrons. The fourth-order valence-electron chi connectivity index (χ4n) is 3.09. The first-order valence-corrected chi connectivity index (χ1v) is 11.7. The number of amides is 1. The zero-order valence-corrected chi connectivity index (χ0v) is 17.4. The van der Waals surface area contributed by atoms with Crippen molar-refractivity contribution >= 4 is 43.7 Å². The number of hydrogen-bond acceptors (Lipinski definition) is 7. The van der Waals surface area contributed by atoms with Crippen LogP contribution >= 0.6 is 11.3 Å². The van der Waals surface area contributed by atoms with Crippen molar-refractivity contribution in [1.29, 1.82) is 0 Å². The van der Waals surface area contributed by atoms with Crippen LogP contribution in [-0.2, 0) is 21.1 Å². The molecule has 0 saturated heterocycles. The number of para-hydroxylation sites is 1. The largest absolute Gasteiger partial charge is 0.454 e. The Morgan fingerprint density at radius 3 is 2.70 bits per heavy atom. The number of benzene rings is 2. The molecule has 4 aromatic rings. The molecule has 0 fully saturated rings. The van der Waals surface area contributed by atoms with Crippen LogP contribution in [0.2, 0.25) is 0 Å². The van der Waals surface area contributed by atoms with Gasteiger partial charge in [0.05, 0.1) is 33.6 Å². The van der Waals surface area contributed by atoms with Crippen LogP contribution in [0.25, 0.3) is 22.3 Å². The first kappa shape index (κ1) is 20.0. The Morgan fingerprint density at radius 1 is 1.17 bits per heavy atom. The molecule has 9 heteroatoms. The molecule has 0 spiro atoms. The summed E-state index contributed by atoms with van der Waals surface area (Å²) in [6, 6.07) is 12.4. The zero-order chi connectivity index (χ0) is 21.3. The van der Waals surface area contributed by atoms with Crippen LogP contribution in [-0.4, -0.2) is 25.6 Å². The van der Waals surface area contributed by atoms with E-state index in [0.29, 0.717) is 11.4 Å². The van der Waals surface area contributed by atoms with Crippen LogP contribution in [0.15, 0.2) is 73.5 Å². The summed E-state index contributed by atoms with van der Waals surface area (Å²) in [6.45, 7) is 0. The molecule has 0 saturated carbocycles. The van der Waals surface area contributed by atoms with Crippen molar-refractivity contribution < 1.29 is 17.6 Å². The van der Waals surface area contributed by atoms with E-state index >= 15 is 0 Å². The highest BCUT2D eigenvalue weighted by Crippen LogP contribution is 2.31. The number of fused-ring (bicyclic) bond motifs is 1. The van der Waals surface area contributed by atoms with Crippen molar-refractivity contribution in [1.82, 2.24) is 4.98 Å². The van der Waals surface area contributed by atoms with Crippen molar-refractivity contribution in [3.8, 4) is 11.3 Å². The number of carbonyl (C=O) groups is 1. The van der Waals surface area contributed by atoms with Gasteiger partial charge in [0, 0.05) is 23.3 Å². The molecule has 0 unspecified atom stereocenters. The molecule has 0 radical (unpaired) electrons. The van der Waals surface area contributed by atoms with Crippen LogP contribution in [0.4, 0.5) is 5.69 Å². The van der Waals surface area contributed by atoms with E-state index in [4.69, 9.17) is 4.42 Å². The highest BCUT2D eigenvalue weighted by Gasteiger charge is 2.18. The number of nitrogens with zero attached hydrogens (tertiary/aromatic N) is 1. The normalized spacial score (nSPS) is 11.5. The van der Waals surface area contributed by atoms with Gasteiger partial charge in [-0.05, 0) is 24.3 Å². The van der Waals surface area contributed by atoms with E-state index in [-0.39, 0.29) is 44.9 Å². The summed E-state index contributed by atoms with van der Waals surface area (Å²) in [6.07, 6.45) is 1.18. The molecule has 1 amide bonds. The SMILES string of the molecule is CS(=O)(=O)c1ccccc1-c1cc(=O)c2cccc(NC(=O)Cc3cscn3)c2o1. The summed E-state index contributed by atoms with van der Waals surface area (Å²) in [5.41, 5.74) is 2.72. The van der Waals surface area contributed by atoms with E-state index in [1.165, 1.54) is 23.5 Å². The lowest BCUT2D eigenvalue weighted by molar-refractivity contribution is -0.115. The predicted molar refractivity (Wildman–Crippen MR) is 115 cm³/mol. The van der Waals surface area contributed by atoms with Gasteiger partial charge in [-0.25, -0.2) is 13.4 Å². The average Bonchev–Trinajstić information content (AvgIpc) is 3.20. The molecule has 30 heavy (non-hydrogen) atoms. The second-order valence-corrected chi connectivity index (χ2v) is 9.33. The lowest BCUT2D eigenvalue weighted by atomic mass is 10.1. The molecule has 0 aliphatic rings. The topological polar surface area (TPSA) is 106 Å². The number of anilines is 1. The molecule has 2 heterocycles. The third kappa shape index (κ3) is 4.03. The molecule has 4 rings (SSSR count). The molecular formula is C21H16N2O5S2. The molecule has 0 aliphatic carbocycles. The first-order chi connectivity index (χ1) is 14.3. The second-order valence-electron chi connectivity index (χ2n) is 6.63. The lowest BCUT2D eigenvalue weighted by Gasteiger charge is -2.11. The number of sulfone groups is 1. The standard InChI is InChI=1S/C21H16N2O5S2/c1-30(26,27)19-8-3-2-5-15(19)18-10-17(24)14-6-4-7-16(21(14)28-18)23-20(25)9-13-11-29-12-22-13/h2-8,10-12H,9H2,1H3,(H,23,25). The van der Waals surface area contributed by atoms with Crippen LogP contribution in [0, 0.1) is 0 Å². The van der Waals surface area contributed by atoms with Gasteiger partial charge < -0.3 is 9.73 Å². The highest BCUT2D eigenvalue weighted by atomic mass is 32.2. The number of aromatic nitrogens is 1. The smallest absolute Gasteiger partial charge is 0.230 e. The second kappa shape index (κ2) is 7.85. The summed E-state index contributed by atoms with van der Waals surface area (Å²) >= 11 is 1.40. The average molecular weight is 441 g/mol. The van der Waals surface area contributed by atoms with E-state index in [0.717, 1.165) is 6.26 Å². The minimum absolute atomic E-state index is 0.0533. The summed E-state index contributed by atoms with van der Waals surface area (Å²) in [7, 11) is -3.54. The molecule has 0 atom stereocenters. The molecule has 2 aromatic carbocycles. The Morgan fingerprint density at radius 2 is 1.97 bits per heavy atom. The van der Waals surface area contributed by atoms with Crippen molar-refractivity contribution in [3.63, 3.8) is 0 Å². The Kier molecular flexibility index (Phi) is 5.23. The predicted octanol–water partition coefficient (Wildman–Crippen LogP) is 3.50. The summed E-state index contributed by atoms with van der Waals surface area (Å²) in [5.74, 6) is -0.201. The summed E-state index contributed by atoms with van der Waals surface area (Å²) in [4.78, 5) is 29.2. The van der Waals surface area contributed by atoms with Gasteiger partial charge in [0.1, 0.15) is 5.76 Å². The van der Waals surface area contributed by atoms with E-state index in [2.05, 4.69) is 10.3 Å². The van der Waals surface area contributed by atoms with E-state index in [1.54, 1.807) is 47.3 Å². The van der Waals surface area contributed by atoms with Crippen molar-refractivity contribution in [2.45, 2.75) is 11.3 Å². The van der Waals surface area contributed by atoms with E-state index in [1.807, 2.05) is 0 Å². The van der Waals surface area contributed by atoms with E-state index in [9.17, 15) is 18.0 Å². The fourth-order valence-corrected chi connectivity index (χ4v) is 4.54. The summed E-state index contributed by atoms with van der Waals surface area (Å²) in [5, 5.41) is 4.81. The van der Waals surface area contributed by atoms with Gasteiger partial charge in [0.2, 0.25) is 5.91 Å². The minimum atomic E-state index is -3.54. The number of thiazole rings is 1. The third-order valence-corrected chi connectivity index (χ3v) is 6.20. The van der Waals surface area contributed by atoms with Gasteiger partial charge >= 0.3 is 0 Å². The van der Waals surface area contributed by atoms with Gasteiger partial charge in [-0.3, -0.25) is 9.59 Å². The van der Waals surface area contributed by atoms with Gasteiger partial charge in [-0.2, -0.15) is 0 Å². The van der Waals surface area contributed by atoms with Gasteiger partial charge in [0.15, 0.2) is 20.8 Å². The van der Waals surface area contributed by atoms with Crippen LogP contribution in [0.5, 0.6) is 0 Å². The molecule has 0 aliphatic heterocycles. The molecule has 2 aromatic heterocycles. The van der Waals surface area contributed by atoms with Gasteiger partial charge in [0.25, 0.3) is 0 Å². The van der Waals surface area contributed by atoms with Crippen LogP contribution in [0.1, 0.15) is 5.69 Å². The number of carbonyl (C=O) groups excluding carboxylic acids is 1. The fraction of sp³-hybridized carbons (Fsp3) is 0.0952. The maximum Gasteiger partial charge on any atom is 0.230 e. The van der Waals surface area contributed by atoms with Gasteiger partial charge in [-0.15, -0.1) is 11.3 Å². The monoisotopic (exact) mass is 440 g/mol. The molecular weight excluding hydrogens is 424 g/mol. The number of nitrogens with one attached hydrogen (secondary N) is 1. The lowest BCUT2D eigenvalue weighted by Crippen LogP contribution is -2.15. The third-order valence-electron chi connectivity index (χ3n) is 4.41. The van der Waals surface area contributed by atoms with Gasteiger partial charge in [-0.1, -0.05) is 18.2 Å². The van der Waals surface area contributed by atoms with Crippen molar-refractivity contribution in [2.75, 3.05) is 11.6 Å². The first-order valence-electron chi connectivity index (χ1n) is 8.86. The van der Waals surface area contributed by atoms with Crippen molar-refractivity contribution in [3.05, 3.63) is 75.3 Å². The quantitative estimate of drug-likeness (QED) is 0.509. The van der Waals surface area contributed by atoms with E-state index < -0.39 is 9.84 Å². The maximum atomic E-state index is 12.7.